The van der Waals surface area contributed by atoms with Crippen LogP contribution in [0.5, 0.6) is 11.6 Å². The molecule has 3 N–H and O–H groups in total. The van der Waals surface area contributed by atoms with Gasteiger partial charge in [0.05, 0.1) is 0 Å². The third-order valence-corrected chi connectivity index (χ3v) is 4.06. The summed E-state index contributed by atoms with van der Waals surface area (Å²) in [4.78, 5) is 27.3. The maximum absolute atomic E-state index is 12.0. The number of benzene rings is 1. The second-order valence-corrected chi connectivity index (χ2v) is 5.98. The molecule has 1 aliphatic rings. The molecule has 3 amide bonds. The number of pyridine rings is 1. The Balaban J connectivity index is 1.60. The molecule has 1 aliphatic heterocycles. The molecular formula is C18H20N4O3. The Bertz CT molecular complexity index is 807. The summed E-state index contributed by atoms with van der Waals surface area (Å²) in [6, 6.07) is 8.57. The van der Waals surface area contributed by atoms with E-state index < -0.39 is 6.04 Å². The van der Waals surface area contributed by atoms with E-state index in [0.717, 1.165) is 16.9 Å². The summed E-state index contributed by atoms with van der Waals surface area (Å²) in [5.74, 6) is 0.953. The first kappa shape index (κ1) is 16.8. The van der Waals surface area contributed by atoms with Gasteiger partial charge < -0.3 is 20.7 Å². The lowest BCUT2D eigenvalue weighted by atomic mass is 10.1. The lowest BCUT2D eigenvalue weighted by Gasteiger charge is -2.11. The Morgan fingerprint density at radius 3 is 2.84 bits per heavy atom. The summed E-state index contributed by atoms with van der Waals surface area (Å²) in [5, 5.41) is 7.89. The fraction of sp³-hybridized carbons (Fsp3) is 0.278. The smallest absolute Gasteiger partial charge is 0.315 e. The van der Waals surface area contributed by atoms with Crippen molar-refractivity contribution in [3.05, 3.63) is 53.2 Å². The fourth-order valence-corrected chi connectivity index (χ4v) is 2.44. The highest BCUT2D eigenvalue weighted by atomic mass is 16.5. The summed E-state index contributed by atoms with van der Waals surface area (Å²) in [7, 11) is 0. The zero-order valence-corrected chi connectivity index (χ0v) is 14.1. The van der Waals surface area contributed by atoms with E-state index >= 15 is 0 Å². The van der Waals surface area contributed by atoms with Crippen molar-refractivity contribution in [3.8, 4) is 11.6 Å². The minimum atomic E-state index is -0.541. The molecule has 25 heavy (non-hydrogen) atoms. The van der Waals surface area contributed by atoms with E-state index in [0.29, 0.717) is 19.0 Å². The van der Waals surface area contributed by atoms with E-state index in [1.165, 1.54) is 5.56 Å². The predicted molar refractivity (Wildman–Crippen MR) is 92.4 cm³/mol. The molecule has 0 radical (unpaired) electrons. The van der Waals surface area contributed by atoms with E-state index in [-0.39, 0.29) is 11.9 Å². The van der Waals surface area contributed by atoms with Gasteiger partial charge in [-0.15, -0.1) is 0 Å². The van der Waals surface area contributed by atoms with Crippen molar-refractivity contribution in [2.45, 2.75) is 26.4 Å². The van der Waals surface area contributed by atoms with Crippen molar-refractivity contribution < 1.29 is 14.3 Å². The predicted octanol–water partition coefficient (Wildman–Crippen LogP) is 1.79. The number of hydrogen-bond acceptors (Lipinski definition) is 4. The largest absolute Gasteiger partial charge is 0.439 e. The zero-order chi connectivity index (χ0) is 17.8. The third-order valence-electron chi connectivity index (χ3n) is 4.06. The molecule has 0 saturated carbocycles. The molecule has 1 atom stereocenters. The van der Waals surface area contributed by atoms with Crippen molar-refractivity contribution in [1.82, 2.24) is 20.9 Å². The van der Waals surface area contributed by atoms with Crippen LogP contribution in [-0.2, 0) is 11.3 Å². The minimum absolute atomic E-state index is 0.230. The van der Waals surface area contributed by atoms with Crippen LogP contribution in [0.15, 0.2) is 36.5 Å². The van der Waals surface area contributed by atoms with Gasteiger partial charge in [0.25, 0.3) is 0 Å². The number of hydrogen-bond donors (Lipinski definition) is 3. The van der Waals surface area contributed by atoms with Gasteiger partial charge in [0, 0.05) is 25.4 Å². The Morgan fingerprint density at radius 2 is 2.12 bits per heavy atom. The van der Waals surface area contributed by atoms with Crippen LogP contribution in [0.3, 0.4) is 0 Å². The van der Waals surface area contributed by atoms with Gasteiger partial charge in [-0.1, -0.05) is 6.07 Å². The van der Waals surface area contributed by atoms with Gasteiger partial charge in [0.1, 0.15) is 11.8 Å². The first-order chi connectivity index (χ1) is 12.0. The topological polar surface area (TPSA) is 92.4 Å². The maximum Gasteiger partial charge on any atom is 0.315 e. The first-order valence-electron chi connectivity index (χ1n) is 8.03. The van der Waals surface area contributed by atoms with Gasteiger partial charge >= 0.3 is 6.03 Å². The standard InChI is InChI=1S/C18H20N4O3/c1-11-3-4-14(7-12(11)2)25-16-8-13(5-6-19-16)9-20-17(23)15-10-21-18(24)22-15/h3-8,15H,9-10H2,1-2H3,(H,20,23)(H2,21,22,24). The first-order valence-corrected chi connectivity index (χ1v) is 8.03. The van der Waals surface area contributed by atoms with Gasteiger partial charge in [0.15, 0.2) is 0 Å². The lowest BCUT2D eigenvalue weighted by Crippen LogP contribution is -2.42. The maximum atomic E-state index is 12.0. The summed E-state index contributed by atoms with van der Waals surface area (Å²) in [6.07, 6.45) is 1.64. The summed E-state index contributed by atoms with van der Waals surface area (Å²) >= 11 is 0. The molecule has 0 aliphatic carbocycles. The van der Waals surface area contributed by atoms with Gasteiger partial charge in [0.2, 0.25) is 11.8 Å². The molecule has 1 saturated heterocycles. The number of aryl methyl sites for hydroxylation is 2. The number of aromatic nitrogens is 1. The second kappa shape index (κ2) is 7.21. The highest BCUT2D eigenvalue weighted by Crippen LogP contribution is 2.22. The number of amides is 3. The summed E-state index contributed by atoms with van der Waals surface area (Å²) in [5.41, 5.74) is 3.21. The highest BCUT2D eigenvalue weighted by molar-refractivity contribution is 5.90. The molecule has 7 nitrogen and oxygen atoms in total. The van der Waals surface area contributed by atoms with Crippen LogP contribution < -0.4 is 20.7 Å². The van der Waals surface area contributed by atoms with E-state index in [1.54, 1.807) is 18.3 Å². The van der Waals surface area contributed by atoms with Crippen LogP contribution >= 0.6 is 0 Å². The number of rotatable bonds is 5. The van der Waals surface area contributed by atoms with E-state index in [1.807, 2.05) is 32.0 Å². The number of nitrogens with zero attached hydrogens (tertiary/aromatic N) is 1. The molecule has 3 rings (SSSR count). The molecule has 1 aromatic carbocycles. The van der Waals surface area contributed by atoms with Crippen molar-refractivity contribution in [2.75, 3.05) is 6.54 Å². The van der Waals surface area contributed by atoms with Gasteiger partial charge in [-0.25, -0.2) is 9.78 Å². The van der Waals surface area contributed by atoms with Crippen LogP contribution in [0.4, 0.5) is 4.79 Å². The fourth-order valence-electron chi connectivity index (χ4n) is 2.44. The molecule has 1 aromatic heterocycles. The monoisotopic (exact) mass is 340 g/mol. The molecule has 0 bridgehead atoms. The number of carbonyl (C=O) groups is 2. The van der Waals surface area contributed by atoms with Crippen molar-refractivity contribution >= 4 is 11.9 Å². The lowest BCUT2D eigenvalue weighted by molar-refractivity contribution is -0.122. The Hall–Kier alpha value is -3.09. The summed E-state index contributed by atoms with van der Waals surface area (Å²) < 4.78 is 5.78. The molecule has 130 valence electrons. The van der Waals surface area contributed by atoms with Crippen molar-refractivity contribution in [2.24, 2.45) is 0 Å². The quantitative estimate of drug-likeness (QED) is 0.774. The molecule has 1 unspecified atom stereocenters. The Labute approximate surface area is 145 Å². The van der Waals surface area contributed by atoms with Gasteiger partial charge in [-0.3, -0.25) is 4.79 Å². The SMILES string of the molecule is Cc1ccc(Oc2cc(CNC(=O)C3CNC(=O)N3)ccn2)cc1C. The van der Waals surface area contributed by atoms with Crippen molar-refractivity contribution in [3.63, 3.8) is 0 Å². The molecule has 1 fully saturated rings. The molecule has 0 spiro atoms. The average molecular weight is 340 g/mol. The van der Waals surface area contributed by atoms with Crippen LogP contribution in [0.25, 0.3) is 0 Å². The van der Waals surface area contributed by atoms with Crippen LogP contribution in [0.2, 0.25) is 0 Å². The molecular weight excluding hydrogens is 320 g/mol. The molecule has 2 heterocycles. The van der Waals surface area contributed by atoms with Crippen LogP contribution in [0, 0.1) is 13.8 Å². The Morgan fingerprint density at radius 1 is 1.28 bits per heavy atom. The van der Waals surface area contributed by atoms with Crippen LogP contribution in [-0.4, -0.2) is 29.5 Å². The normalized spacial score (nSPS) is 16.1. The molecule has 2 aromatic rings. The minimum Gasteiger partial charge on any atom is -0.439 e. The number of carbonyl (C=O) groups excluding carboxylic acids is 2. The van der Waals surface area contributed by atoms with E-state index in [4.69, 9.17) is 4.74 Å². The summed E-state index contributed by atoms with van der Waals surface area (Å²) in [6.45, 7) is 4.69. The number of nitrogens with one attached hydrogen (secondary N) is 3. The van der Waals surface area contributed by atoms with Gasteiger partial charge in [-0.2, -0.15) is 0 Å². The Kier molecular flexibility index (Phi) is 4.83. The van der Waals surface area contributed by atoms with Crippen LogP contribution in [0.1, 0.15) is 16.7 Å². The zero-order valence-electron chi connectivity index (χ0n) is 14.1. The highest BCUT2D eigenvalue weighted by Gasteiger charge is 2.26. The third kappa shape index (κ3) is 4.26. The second-order valence-electron chi connectivity index (χ2n) is 5.98. The number of urea groups is 1. The van der Waals surface area contributed by atoms with E-state index in [9.17, 15) is 9.59 Å². The number of ether oxygens (including phenoxy) is 1. The van der Waals surface area contributed by atoms with E-state index in [2.05, 4.69) is 20.9 Å². The average Bonchev–Trinajstić information content (AvgIpc) is 3.03. The molecule has 7 heteroatoms. The van der Waals surface area contributed by atoms with Crippen molar-refractivity contribution in [1.29, 1.82) is 0 Å². The van der Waals surface area contributed by atoms with Gasteiger partial charge in [-0.05, 0) is 48.7 Å².